The summed E-state index contributed by atoms with van der Waals surface area (Å²) < 4.78 is 11.2. The molecule has 0 amide bonds. The molecule has 0 fully saturated rings. The molecule has 0 saturated heterocycles. The van der Waals surface area contributed by atoms with E-state index in [0.717, 1.165) is 11.3 Å². The lowest BCUT2D eigenvalue weighted by molar-refractivity contribution is -0.140. The number of hydrogen-bond acceptors (Lipinski definition) is 6. The van der Waals surface area contributed by atoms with Crippen LogP contribution in [0.4, 0.5) is 0 Å². The van der Waals surface area contributed by atoms with Gasteiger partial charge in [-0.1, -0.05) is 54.1 Å². The van der Waals surface area contributed by atoms with Crippen LogP contribution < -0.4 is 10.1 Å². The number of aromatic hydroxyl groups is 1. The van der Waals surface area contributed by atoms with Crippen LogP contribution in [0.2, 0.25) is 5.02 Å². The van der Waals surface area contributed by atoms with E-state index in [1.54, 1.807) is 18.2 Å². The zero-order valence-corrected chi connectivity index (χ0v) is 21.7. The van der Waals surface area contributed by atoms with Gasteiger partial charge in [0.15, 0.2) is 5.78 Å². The maximum atomic E-state index is 13.7. The molecule has 2 aliphatic rings. The number of carbonyl (C=O) groups excluding carboxylic acids is 2. The molecule has 0 spiro atoms. The van der Waals surface area contributed by atoms with Gasteiger partial charge in [-0.05, 0) is 66.8 Å². The number of allylic oxidation sites excluding steroid dienone is 3. The molecule has 2 atom stereocenters. The van der Waals surface area contributed by atoms with E-state index in [0.29, 0.717) is 46.0 Å². The van der Waals surface area contributed by atoms with Crippen molar-refractivity contribution in [2.75, 3.05) is 13.2 Å². The summed E-state index contributed by atoms with van der Waals surface area (Å²) in [6.07, 6.45) is 0.923. The standard InChI is InChI=1S/C31H28ClNO5/c1-19-28(31(36)38-15-14-37-25-8-3-2-4-9-25)29(21-6-5-7-24(34)16-21)30-26(33-19)17-22(18-27(30)35)20-10-12-23(32)13-11-20/h2-13,16,22,29,33-34H,14-15,17-18H2,1H3/t22-,29-/m1/s1. The number of ketones is 1. The number of halogens is 1. The first-order chi connectivity index (χ1) is 18.4. The fraction of sp³-hybridized carbons (Fsp3) is 0.226. The van der Waals surface area contributed by atoms with Crippen LogP contribution >= 0.6 is 11.6 Å². The molecule has 194 valence electrons. The summed E-state index contributed by atoms with van der Waals surface area (Å²) in [5.41, 5.74) is 4.00. The molecule has 3 aromatic rings. The highest BCUT2D eigenvalue weighted by Gasteiger charge is 2.41. The maximum absolute atomic E-state index is 13.7. The molecule has 0 aromatic heterocycles. The van der Waals surface area contributed by atoms with Crippen molar-refractivity contribution in [2.45, 2.75) is 31.6 Å². The van der Waals surface area contributed by atoms with Crippen LogP contribution in [0.1, 0.15) is 42.7 Å². The Morgan fingerprint density at radius 2 is 1.74 bits per heavy atom. The van der Waals surface area contributed by atoms with Crippen LogP contribution in [0, 0.1) is 0 Å². The van der Waals surface area contributed by atoms with E-state index >= 15 is 0 Å². The first-order valence-corrected chi connectivity index (χ1v) is 12.9. The van der Waals surface area contributed by atoms with E-state index < -0.39 is 11.9 Å². The van der Waals surface area contributed by atoms with E-state index in [-0.39, 0.29) is 30.7 Å². The minimum absolute atomic E-state index is 0.00715. The number of Topliss-reactive ketones (excluding diaryl/α,β-unsaturated/α-hetero) is 1. The zero-order valence-electron chi connectivity index (χ0n) is 20.9. The fourth-order valence-electron chi connectivity index (χ4n) is 5.21. The van der Waals surface area contributed by atoms with Gasteiger partial charge in [0, 0.05) is 34.3 Å². The molecule has 0 saturated carbocycles. The van der Waals surface area contributed by atoms with Gasteiger partial charge >= 0.3 is 5.97 Å². The fourth-order valence-corrected chi connectivity index (χ4v) is 5.33. The highest BCUT2D eigenvalue weighted by molar-refractivity contribution is 6.30. The monoisotopic (exact) mass is 529 g/mol. The van der Waals surface area contributed by atoms with Crippen molar-refractivity contribution < 1.29 is 24.2 Å². The van der Waals surface area contributed by atoms with E-state index in [4.69, 9.17) is 21.1 Å². The lowest BCUT2D eigenvalue weighted by Crippen LogP contribution is -2.36. The maximum Gasteiger partial charge on any atom is 0.336 e. The van der Waals surface area contributed by atoms with Gasteiger partial charge in [0.25, 0.3) is 0 Å². The SMILES string of the molecule is CC1=C(C(=O)OCCOc2ccccc2)[C@@H](c2cccc(O)c2)C2=C(C[C@@H](c3ccc(Cl)cc3)CC2=O)N1. The van der Waals surface area contributed by atoms with Crippen molar-refractivity contribution in [3.8, 4) is 11.5 Å². The number of phenolic OH excluding ortho intramolecular Hbond substituents is 1. The van der Waals surface area contributed by atoms with Crippen LogP contribution in [0.3, 0.4) is 0 Å². The Balaban J connectivity index is 1.41. The molecule has 1 heterocycles. The molecule has 0 unspecified atom stereocenters. The van der Waals surface area contributed by atoms with Crippen LogP contribution in [-0.4, -0.2) is 30.1 Å². The molecule has 0 bridgehead atoms. The molecule has 38 heavy (non-hydrogen) atoms. The molecular formula is C31H28ClNO5. The van der Waals surface area contributed by atoms with Crippen molar-refractivity contribution in [1.29, 1.82) is 0 Å². The topological polar surface area (TPSA) is 84.9 Å². The Bertz CT molecular complexity index is 1410. The largest absolute Gasteiger partial charge is 0.508 e. The lowest BCUT2D eigenvalue weighted by atomic mass is 9.71. The Kier molecular flexibility index (Phi) is 7.52. The van der Waals surface area contributed by atoms with E-state index in [9.17, 15) is 14.7 Å². The molecule has 0 radical (unpaired) electrons. The number of nitrogens with one attached hydrogen (secondary N) is 1. The number of dihydropyridines is 1. The zero-order chi connectivity index (χ0) is 26.6. The number of hydrogen-bond donors (Lipinski definition) is 2. The average Bonchev–Trinajstić information content (AvgIpc) is 2.91. The van der Waals surface area contributed by atoms with Gasteiger partial charge in [-0.2, -0.15) is 0 Å². The van der Waals surface area contributed by atoms with Crippen LogP contribution in [0.25, 0.3) is 0 Å². The predicted octanol–water partition coefficient (Wildman–Crippen LogP) is 6.03. The van der Waals surface area contributed by atoms with Crippen molar-refractivity contribution in [1.82, 2.24) is 5.32 Å². The molecule has 5 rings (SSSR count). The third-order valence-corrected chi connectivity index (χ3v) is 7.17. The minimum atomic E-state index is -0.653. The van der Waals surface area contributed by atoms with Crippen molar-refractivity contribution >= 4 is 23.4 Å². The first kappa shape index (κ1) is 25.6. The third-order valence-electron chi connectivity index (χ3n) is 6.92. The summed E-state index contributed by atoms with van der Waals surface area (Å²) in [7, 11) is 0. The Morgan fingerprint density at radius 3 is 2.47 bits per heavy atom. The number of rotatable bonds is 7. The molecule has 1 aliphatic heterocycles. The van der Waals surface area contributed by atoms with E-state index in [2.05, 4.69) is 5.32 Å². The van der Waals surface area contributed by atoms with Gasteiger partial charge in [-0.25, -0.2) is 4.79 Å². The number of phenols is 1. The summed E-state index contributed by atoms with van der Waals surface area (Å²) in [5.74, 6) is -0.482. The predicted molar refractivity (Wildman–Crippen MR) is 145 cm³/mol. The number of ether oxygens (including phenoxy) is 2. The Morgan fingerprint density at radius 1 is 0.974 bits per heavy atom. The lowest BCUT2D eigenvalue weighted by Gasteiger charge is -2.36. The second-order valence-electron chi connectivity index (χ2n) is 9.46. The summed E-state index contributed by atoms with van der Waals surface area (Å²) in [5, 5.41) is 14.2. The van der Waals surface area contributed by atoms with Gasteiger partial charge < -0.3 is 19.9 Å². The van der Waals surface area contributed by atoms with E-state index in [1.807, 2.05) is 67.6 Å². The summed E-state index contributed by atoms with van der Waals surface area (Å²) in [6.45, 7) is 2.06. The highest BCUT2D eigenvalue weighted by Crippen LogP contribution is 2.46. The van der Waals surface area contributed by atoms with Gasteiger partial charge in [0.2, 0.25) is 0 Å². The number of carbonyl (C=O) groups is 2. The smallest absolute Gasteiger partial charge is 0.336 e. The molecule has 2 N–H and O–H groups in total. The summed E-state index contributed by atoms with van der Waals surface area (Å²) in [6, 6.07) is 23.5. The van der Waals surface area contributed by atoms with Crippen LogP contribution in [-0.2, 0) is 14.3 Å². The second-order valence-corrected chi connectivity index (χ2v) is 9.90. The third kappa shape index (κ3) is 5.46. The van der Waals surface area contributed by atoms with Gasteiger partial charge in [-0.3, -0.25) is 4.79 Å². The Hall–Kier alpha value is -4.03. The first-order valence-electron chi connectivity index (χ1n) is 12.5. The second kappa shape index (κ2) is 11.2. The van der Waals surface area contributed by atoms with Gasteiger partial charge in [-0.15, -0.1) is 0 Å². The highest BCUT2D eigenvalue weighted by atomic mass is 35.5. The van der Waals surface area contributed by atoms with Gasteiger partial charge in [0.1, 0.15) is 24.7 Å². The van der Waals surface area contributed by atoms with Crippen molar-refractivity contribution in [2.24, 2.45) is 0 Å². The minimum Gasteiger partial charge on any atom is -0.508 e. The van der Waals surface area contributed by atoms with Crippen LogP contribution in [0.5, 0.6) is 11.5 Å². The van der Waals surface area contributed by atoms with Crippen LogP contribution in [0.15, 0.2) is 101 Å². The molecule has 3 aromatic carbocycles. The number of esters is 1. The van der Waals surface area contributed by atoms with Gasteiger partial charge in [0.05, 0.1) is 5.57 Å². The Labute approximate surface area is 226 Å². The quantitative estimate of drug-likeness (QED) is 0.287. The van der Waals surface area contributed by atoms with E-state index in [1.165, 1.54) is 0 Å². The number of para-hydroxylation sites is 1. The summed E-state index contributed by atoms with van der Waals surface area (Å²) in [4.78, 5) is 27.1. The molecule has 6 nitrogen and oxygen atoms in total. The van der Waals surface area contributed by atoms with Crippen molar-refractivity contribution in [3.63, 3.8) is 0 Å². The molecular weight excluding hydrogens is 502 g/mol. The van der Waals surface area contributed by atoms with Crippen molar-refractivity contribution in [3.05, 3.63) is 118 Å². The normalized spacial score (nSPS) is 19.1. The molecule has 7 heteroatoms. The summed E-state index contributed by atoms with van der Waals surface area (Å²) >= 11 is 6.06. The average molecular weight is 530 g/mol. The number of benzene rings is 3. The molecule has 1 aliphatic carbocycles.